The van der Waals surface area contributed by atoms with Crippen LogP contribution in [0.5, 0.6) is 11.5 Å². The summed E-state index contributed by atoms with van der Waals surface area (Å²) in [5.74, 6) is 0.969. The third-order valence-corrected chi connectivity index (χ3v) is 3.89. The number of methoxy groups -OCH3 is 3. The lowest BCUT2D eigenvalue weighted by molar-refractivity contribution is 0.104. The van der Waals surface area contributed by atoms with Crippen molar-refractivity contribution in [3.05, 3.63) is 65.9 Å². The number of carbonyl (C=O) groups is 1. The average molecular weight is 338 g/mol. The SMILES string of the molecule is CO/C(=C\C(=O)c1c(OC)cc2occc2c1OC)c1ccccc1. The summed E-state index contributed by atoms with van der Waals surface area (Å²) in [7, 11) is 4.54. The van der Waals surface area contributed by atoms with Gasteiger partial charge in [-0.1, -0.05) is 30.3 Å². The van der Waals surface area contributed by atoms with Gasteiger partial charge in [0.25, 0.3) is 0 Å². The minimum absolute atomic E-state index is 0.280. The monoisotopic (exact) mass is 338 g/mol. The highest BCUT2D eigenvalue weighted by Crippen LogP contribution is 2.38. The number of hydrogen-bond acceptors (Lipinski definition) is 5. The molecule has 2 aromatic carbocycles. The van der Waals surface area contributed by atoms with E-state index in [4.69, 9.17) is 18.6 Å². The van der Waals surface area contributed by atoms with Crippen LogP contribution < -0.4 is 9.47 Å². The molecular formula is C20H18O5. The Bertz CT molecular complexity index is 922. The van der Waals surface area contributed by atoms with E-state index >= 15 is 0 Å². The van der Waals surface area contributed by atoms with Crippen LogP contribution in [0.15, 0.2) is 59.2 Å². The lowest BCUT2D eigenvalue weighted by atomic mass is 10.0. The second-order valence-corrected chi connectivity index (χ2v) is 5.26. The normalized spacial score (nSPS) is 11.4. The zero-order chi connectivity index (χ0) is 17.8. The molecule has 0 amide bonds. The Morgan fingerprint density at radius 2 is 1.80 bits per heavy atom. The van der Waals surface area contributed by atoms with E-state index in [0.717, 1.165) is 5.56 Å². The van der Waals surface area contributed by atoms with Crippen molar-refractivity contribution in [1.82, 2.24) is 0 Å². The molecule has 128 valence electrons. The first kappa shape index (κ1) is 16.6. The molecule has 0 spiro atoms. The third-order valence-electron chi connectivity index (χ3n) is 3.89. The van der Waals surface area contributed by atoms with Crippen molar-refractivity contribution in [2.45, 2.75) is 0 Å². The van der Waals surface area contributed by atoms with Crippen molar-refractivity contribution in [1.29, 1.82) is 0 Å². The Morgan fingerprint density at radius 3 is 2.44 bits per heavy atom. The number of carbonyl (C=O) groups excluding carboxylic acids is 1. The molecular weight excluding hydrogens is 320 g/mol. The van der Waals surface area contributed by atoms with Gasteiger partial charge in [-0.2, -0.15) is 0 Å². The van der Waals surface area contributed by atoms with Gasteiger partial charge in [0.15, 0.2) is 5.78 Å². The highest BCUT2D eigenvalue weighted by Gasteiger charge is 2.22. The number of ether oxygens (including phenoxy) is 3. The Hall–Kier alpha value is -3.21. The number of benzene rings is 2. The van der Waals surface area contributed by atoms with Crippen LogP contribution in [0.25, 0.3) is 16.7 Å². The van der Waals surface area contributed by atoms with Crippen molar-refractivity contribution in [3.8, 4) is 11.5 Å². The van der Waals surface area contributed by atoms with Crippen LogP contribution >= 0.6 is 0 Å². The van der Waals surface area contributed by atoms with Crippen molar-refractivity contribution in [3.63, 3.8) is 0 Å². The smallest absolute Gasteiger partial charge is 0.197 e. The Morgan fingerprint density at radius 1 is 1.04 bits per heavy atom. The van der Waals surface area contributed by atoms with Crippen LogP contribution in [0, 0.1) is 0 Å². The van der Waals surface area contributed by atoms with E-state index in [1.807, 2.05) is 30.3 Å². The van der Waals surface area contributed by atoms with Gasteiger partial charge >= 0.3 is 0 Å². The average Bonchev–Trinajstić information content (AvgIpc) is 3.13. The van der Waals surface area contributed by atoms with Gasteiger partial charge in [0.2, 0.25) is 0 Å². The van der Waals surface area contributed by atoms with E-state index < -0.39 is 0 Å². The van der Waals surface area contributed by atoms with Gasteiger partial charge in [-0.15, -0.1) is 0 Å². The molecule has 0 aliphatic heterocycles. The molecule has 0 atom stereocenters. The van der Waals surface area contributed by atoms with Crippen LogP contribution in [-0.4, -0.2) is 27.1 Å². The minimum atomic E-state index is -0.280. The first-order valence-electron chi connectivity index (χ1n) is 7.67. The number of ketones is 1. The molecule has 1 aromatic heterocycles. The molecule has 5 heteroatoms. The molecule has 0 fully saturated rings. The van der Waals surface area contributed by atoms with Crippen molar-refractivity contribution < 1.29 is 23.4 Å². The fourth-order valence-electron chi connectivity index (χ4n) is 2.72. The second-order valence-electron chi connectivity index (χ2n) is 5.26. The highest BCUT2D eigenvalue weighted by atomic mass is 16.5. The minimum Gasteiger partial charge on any atom is -0.496 e. The quantitative estimate of drug-likeness (QED) is 0.380. The summed E-state index contributed by atoms with van der Waals surface area (Å²) in [5, 5.41) is 0.707. The van der Waals surface area contributed by atoms with E-state index in [-0.39, 0.29) is 5.78 Å². The third kappa shape index (κ3) is 3.08. The summed E-state index contributed by atoms with van der Waals surface area (Å²) in [4.78, 5) is 13.0. The molecule has 0 aliphatic carbocycles. The van der Waals surface area contributed by atoms with E-state index in [2.05, 4.69) is 0 Å². The van der Waals surface area contributed by atoms with Gasteiger partial charge in [-0.3, -0.25) is 4.79 Å². The predicted octanol–water partition coefficient (Wildman–Crippen LogP) is 4.32. The Kier molecular flexibility index (Phi) is 4.75. The van der Waals surface area contributed by atoms with Crippen molar-refractivity contribution in [2.24, 2.45) is 0 Å². The summed E-state index contributed by atoms with van der Waals surface area (Å²) >= 11 is 0. The Labute approximate surface area is 145 Å². The first-order chi connectivity index (χ1) is 12.2. The van der Waals surface area contributed by atoms with E-state index in [1.54, 1.807) is 18.4 Å². The number of fused-ring (bicyclic) bond motifs is 1. The Balaban J connectivity index is 2.14. The zero-order valence-electron chi connectivity index (χ0n) is 14.2. The molecule has 0 saturated heterocycles. The standard InChI is InChI=1S/C20H18O5/c1-22-16(13-7-5-4-6-8-13)11-15(21)19-18(23-2)12-17-14(9-10-25-17)20(19)24-3/h4-12H,1-3H3/b16-11-. The van der Waals surface area contributed by atoms with Gasteiger partial charge in [-0.05, 0) is 6.07 Å². The molecule has 5 nitrogen and oxygen atoms in total. The van der Waals surface area contributed by atoms with Crippen molar-refractivity contribution in [2.75, 3.05) is 21.3 Å². The predicted molar refractivity (Wildman–Crippen MR) is 95.1 cm³/mol. The molecule has 1 heterocycles. The molecule has 3 rings (SSSR count). The summed E-state index contributed by atoms with van der Waals surface area (Å²) < 4.78 is 21.6. The summed E-state index contributed by atoms with van der Waals surface area (Å²) in [6, 6.07) is 12.8. The first-order valence-corrected chi connectivity index (χ1v) is 7.67. The maximum absolute atomic E-state index is 13.0. The molecule has 3 aromatic rings. The van der Waals surface area contributed by atoms with Crippen LogP contribution in [0.3, 0.4) is 0 Å². The van der Waals surface area contributed by atoms with Gasteiger partial charge in [0, 0.05) is 17.7 Å². The molecule has 0 bridgehead atoms. The number of furan rings is 1. The summed E-state index contributed by atoms with van der Waals surface area (Å²) in [6.45, 7) is 0. The second kappa shape index (κ2) is 7.13. The lowest BCUT2D eigenvalue weighted by Gasteiger charge is -2.13. The van der Waals surface area contributed by atoms with E-state index in [9.17, 15) is 4.79 Å². The number of allylic oxidation sites excluding steroid dienone is 1. The number of rotatable bonds is 6. The van der Waals surface area contributed by atoms with Crippen LogP contribution in [0.4, 0.5) is 0 Å². The largest absolute Gasteiger partial charge is 0.496 e. The zero-order valence-corrected chi connectivity index (χ0v) is 14.2. The molecule has 0 radical (unpaired) electrons. The van der Waals surface area contributed by atoms with E-state index in [0.29, 0.717) is 33.8 Å². The van der Waals surface area contributed by atoms with Crippen LogP contribution in [0.1, 0.15) is 15.9 Å². The van der Waals surface area contributed by atoms with Crippen molar-refractivity contribution >= 4 is 22.5 Å². The fraction of sp³-hybridized carbons (Fsp3) is 0.150. The van der Waals surface area contributed by atoms with E-state index in [1.165, 1.54) is 27.4 Å². The lowest BCUT2D eigenvalue weighted by Crippen LogP contribution is -2.04. The summed E-state index contributed by atoms with van der Waals surface area (Å²) in [6.07, 6.45) is 2.98. The van der Waals surface area contributed by atoms with Crippen LogP contribution in [-0.2, 0) is 4.74 Å². The van der Waals surface area contributed by atoms with Gasteiger partial charge < -0.3 is 18.6 Å². The molecule has 0 saturated carbocycles. The molecule has 0 unspecified atom stereocenters. The molecule has 0 N–H and O–H groups in total. The van der Waals surface area contributed by atoms with Gasteiger partial charge in [-0.25, -0.2) is 0 Å². The van der Waals surface area contributed by atoms with Gasteiger partial charge in [0.05, 0.1) is 33.0 Å². The maximum Gasteiger partial charge on any atom is 0.197 e. The highest BCUT2D eigenvalue weighted by molar-refractivity contribution is 6.14. The molecule has 25 heavy (non-hydrogen) atoms. The number of hydrogen-bond donors (Lipinski definition) is 0. The van der Waals surface area contributed by atoms with Crippen LogP contribution in [0.2, 0.25) is 0 Å². The maximum atomic E-state index is 13.0. The summed E-state index contributed by atoms with van der Waals surface area (Å²) in [5.41, 5.74) is 1.72. The topological polar surface area (TPSA) is 57.9 Å². The molecule has 0 aliphatic rings. The van der Waals surface area contributed by atoms with Gasteiger partial charge in [0.1, 0.15) is 28.4 Å². The fourth-order valence-corrected chi connectivity index (χ4v) is 2.72.